The van der Waals surface area contributed by atoms with Gasteiger partial charge in [-0.05, 0) is 24.4 Å². The molecule has 126 valence electrons. The number of hydrogen-bond donors (Lipinski definition) is 1. The third-order valence-electron chi connectivity index (χ3n) is 4.07. The minimum atomic E-state index is -0.816. The molecular weight excluding hydrogens is 296 g/mol. The van der Waals surface area contributed by atoms with Crippen molar-refractivity contribution in [1.29, 1.82) is 0 Å². The Morgan fingerprint density at radius 1 is 1.35 bits per heavy atom. The molecule has 2 rings (SSSR count). The van der Waals surface area contributed by atoms with Gasteiger partial charge < -0.3 is 14.7 Å². The molecule has 23 heavy (non-hydrogen) atoms. The highest BCUT2D eigenvalue weighted by Gasteiger charge is 2.28. The average Bonchev–Trinajstić information content (AvgIpc) is 3.01. The molecule has 1 aromatic carbocycles. The monoisotopic (exact) mass is 320 g/mol. The van der Waals surface area contributed by atoms with Gasteiger partial charge in [-0.3, -0.25) is 9.69 Å². The number of carboxylic acids is 1. The lowest BCUT2D eigenvalue weighted by Crippen LogP contribution is -2.36. The quantitative estimate of drug-likeness (QED) is 0.832. The standard InChI is InChI=1S/C17H24N2O4/c1-2-18(12-16(20)21)10-15-8-9-19(11-15)17(22)23-13-14-6-4-3-5-7-14/h3-7,15H,2,8-13H2,1H3,(H,20,21)/t15-/m0/s1. The van der Waals surface area contributed by atoms with Gasteiger partial charge in [-0.2, -0.15) is 0 Å². The zero-order chi connectivity index (χ0) is 16.7. The van der Waals surface area contributed by atoms with Crippen molar-refractivity contribution in [2.75, 3.05) is 32.7 Å². The molecule has 0 spiro atoms. The van der Waals surface area contributed by atoms with E-state index in [2.05, 4.69) is 0 Å². The Labute approximate surface area is 136 Å². The second-order valence-electron chi connectivity index (χ2n) is 5.86. The molecule has 1 aliphatic rings. The third kappa shape index (κ3) is 5.56. The first-order chi connectivity index (χ1) is 11.1. The van der Waals surface area contributed by atoms with E-state index in [1.165, 1.54) is 0 Å². The number of likely N-dealkylation sites (N-methyl/N-ethyl adjacent to an activating group) is 1. The lowest BCUT2D eigenvalue weighted by molar-refractivity contribution is -0.138. The summed E-state index contributed by atoms with van der Waals surface area (Å²) in [5, 5.41) is 8.88. The molecule has 1 atom stereocenters. The van der Waals surface area contributed by atoms with Gasteiger partial charge in [0.2, 0.25) is 0 Å². The van der Waals surface area contributed by atoms with Crippen LogP contribution in [-0.2, 0) is 16.1 Å². The minimum Gasteiger partial charge on any atom is -0.480 e. The summed E-state index contributed by atoms with van der Waals surface area (Å²) in [6, 6.07) is 9.59. The zero-order valence-electron chi connectivity index (χ0n) is 13.5. The van der Waals surface area contributed by atoms with Crippen LogP contribution in [0.25, 0.3) is 0 Å². The van der Waals surface area contributed by atoms with Gasteiger partial charge in [-0.1, -0.05) is 37.3 Å². The van der Waals surface area contributed by atoms with Gasteiger partial charge in [0, 0.05) is 19.6 Å². The fourth-order valence-electron chi connectivity index (χ4n) is 2.82. The van der Waals surface area contributed by atoms with Crippen molar-refractivity contribution in [3.05, 3.63) is 35.9 Å². The summed E-state index contributed by atoms with van der Waals surface area (Å²) in [7, 11) is 0. The molecular formula is C17H24N2O4. The van der Waals surface area contributed by atoms with Gasteiger partial charge in [-0.15, -0.1) is 0 Å². The summed E-state index contributed by atoms with van der Waals surface area (Å²) < 4.78 is 5.34. The van der Waals surface area contributed by atoms with Crippen LogP contribution in [0.2, 0.25) is 0 Å². The van der Waals surface area contributed by atoms with Crippen molar-refractivity contribution in [2.45, 2.75) is 20.0 Å². The molecule has 6 nitrogen and oxygen atoms in total. The van der Waals surface area contributed by atoms with E-state index >= 15 is 0 Å². The first-order valence-corrected chi connectivity index (χ1v) is 7.98. The van der Waals surface area contributed by atoms with Gasteiger partial charge in [0.15, 0.2) is 0 Å². The first kappa shape index (κ1) is 17.3. The molecule has 1 fully saturated rings. The number of carbonyl (C=O) groups excluding carboxylic acids is 1. The minimum absolute atomic E-state index is 0.0471. The predicted molar refractivity (Wildman–Crippen MR) is 86.1 cm³/mol. The summed E-state index contributed by atoms with van der Waals surface area (Å²) in [5.41, 5.74) is 0.968. The molecule has 0 unspecified atom stereocenters. The average molecular weight is 320 g/mol. The number of aliphatic carboxylic acids is 1. The number of carboxylic acid groups (broad SMARTS) is 1. The van der Waals surface area contributed by atoms with Crippen LogP contribution in [0, 0.1) is 5.92 Å². The lowest BCUT2D eigenvalue weighted by Gasteiger charge is -2.22. The molecule has 1 amide bonds. The number of nitrogens with zero attached hydrogens (tertiary/aromatic N) is 2. The van der Waals surface area contributed by atoms with Crippen LogP contribution in [0.5, 0.6) is 0 Å². The van der Waals surface area contributed by atoms with Crippen LogP contribution in [0.3, 0.4) is 0 Å². The van der Waals surface area contributed by atoms with Crippen molar-refractivity contribution < 1.29 is 19.4 Å². The Bertz CT molecular complexity index is 521. The first-order valence-electron chi connectivity index (χ1n) is 7.98. The summed E-state index contributed by atoms with van der Waals surface area (Å²) in [6.45, 7) is 4.97. The smallest absolute Gasteiger partial charge is 0.410 e. The van der Waals surface area contributed by atoms with Crippen LogP contribution < -0.4 is 0 Å². The Morgan fingerprint density at radius 3 is 2.74 bits per heavy atom. The molecule has 0 saturated carbocycles. The molecule has 0 aromatic heterocycles. The molecule has 0 aliphatic carbocycles. The van der Waals surface area contributed by atoms with Gasteiger partial charge in [0.25, 0.3) is 0 Å². The number of hydrogen-bond acceptors (Lipinski definition) is 4. The van der Waals surface area contributed by atoms with Gasteiger partial charge in [-0.25, -0.2) is 4.79 Å². The normalized spacial score (nSPS) is 17.5. The van der Waals surface area contributed by atoms with Crippen molar-refractivity contribution in [1.82, 2.24) is 9.80 Å². The molecule has 6 heteroatoms. The Kier molecular flexibility index (Phi) is 6.40. The maximum absolute atomic E-state index is 12.1. The number of amides is 1. The summed E-state index contributed by atoms with van der Waals surface area (Å²) in [4.78, 5) is 26.5. The maximum atomic E-state index is 12.1. The van der Waals surface area contributed by atoms with Gasteiger partial charge in [0.05, 0.1) is 6.54 Å². The highest BCUT2D eigenvalue weighted by Crippen LogP contribution is 2.18. The van der Waals surface area contributed by atoms with E-state index in [9.17, 15) is 9.59 Å². The van der Waals surface area contributed by atoms with E-state index in [1.54, 1.807) is 4.90 Å². The molecule has 1 aliphatic heterocycles. The molecule has 0 radical (unpaired) electrons. The maximum Gasteiger partial charge on any atom is 0.410 e. The van der Waals surface area contributed by atoms with Gasteiger partial charge >= 0.3 is 12.1 Å². The van der Waals surface area contributed by atoms with Crippen LogP contribution in [0.4, 0.5) is 4.79 Å². The van der Waals surface area contributed by atoms with E-state index in [0.717, 1.165) is 12.0 Å². The summed E-state index contributed by atoms with van der Waals surface area (Å²) >= 11 is 0. The number of likely N-dealkylation sites (tertiary alicyclic amines) is 1. The topological polar surface area (TPSA) is 70.1 Å². The van der Waals surface area contributed by atoms with Crippen LogP contribution in [0.1, 0.15) is 18.9 Å². The fourth-order valence-corrected chi connectivity index (χ4v) is 2.82. The molecule has 1 heterocycles. The predicted octanol–water partition coefficient (Wildman–Crippen LogP) is 2.05. The number of benzene rings is 1. The summed E-state index contributed by atoms with van der Waals surface area (Å²) in [6.07, 6.45) is 0.592. The number of ether oxygens (including phenoxy) is 1. The van der Waals surface area contributed by atoms with Crippen molar-refractivity contribution in [2.24, 2.45) is 5.92 Å². The largest absolute Gasteiger partial charge is 0.480 e. The van der Waals surface area contributed by atoms with Gasteiger partial charge in [0.1, 0.15) is 6.61 Å². The van der Waals surface area contributed by atoms with Crippen LogP contribution in [-0.4, -0.2) is 59.7 Å². The van der Waals surface area contributed by atoms with E-state index in [0.29, 0.717) is 32.1 Å². The van der Waals surface area contributed by atoms with E-state index in [-0.39, 0.29) is 19.2 Å². The number of carbonyl (C=O) groups is 2. The lowest BCUT2D eigenvalue weighted by atomic mass is 10.1. The van der Waals surface area contributed by atoms with Crippen LogP contribution in [0.15, 0.2) is 30.3 Å². The van der Waals surface area contributed by atoms with E-state index in [1.807, 2.05) is 42.2 Å². The molecule has 1 aromatic rings. The fraction of sp³-hybridized carbons (Fsp3) is 0.529. The molecule has 0 bridgehead atoms. The Hall–Kier alpha value is -2.08. The molecule has 1 N–H and O–H groups in total. The second-order valence-corrected chi connectivity index (χ2v) is 5.86. The Morgan fingerprint density at radius 2 is 2.09 bits per heavy atom. The van der Waals surface area contributed by atoms with Crippen molar-refractivity contribution >= 4 is 12.1 Å². The summed E-state index contributed by atoms with van der Waals surface area (Å²) in [5.74, 6) is -0.512. The third-order valence-corrected chi connectivity index (χ3v) is 4.07. The highest BCUT2D eigenvalue weighted by atomic mass is 16.6. The van der Waals surface area contributed by atoms with E-state index in [4.69, 9.17) is 9.84 Å². The molecule has 1 saturated heterocycles. The number of rotatable bonds is 7. The highest BCUT2D eigenvalue weighted by molar-refractivity contribution is 5.69. The van der Waals surface area contributed by atoms with E-state index < -0.39 is 5.97 Å². The van der Waals surface area contributed by atoms with Crippen molar-refractivity contribution in [3.8, 4) is 0 Å². The van der Waals surface area contributed by atoms with Crippen LogP contribution >= 0.6 is 0 Å². The second kappa shape index (κ2) is 8.53. The SMILES string of the molecule is CCN(CC(=O)O)C[C@@H]1CCN(C(=O)OCc2ccccc2)C1. The Balaban J connectivity index is 1.75. The van der Waals surface area contributed by atoms with Crippen molar-refractivity contribution in [3.63, 3.8) is 0 Å². The zero-order valence-corrected chi connectivity index (χ0v) is 13.5.